The second-order valence-electron chi connectivity index (χ2n) is 7.46. The first-order valence-electron chi connectivity index (χ1n) is 10.3. The number of hydrogen-bond donors (Lipinski definition) is 1. The van der Waals surface area contributed by atoms with Crippen molar-refractivity contribution in [2.24, 2.45) is 0 Å². The van der Waals surface area contributed by atoms with E-state index < -0.39 is 5.97 Å². The molecule has 0 saturated heterocycles. The summed E-state index contributed by atoms with van der Waals surface area (Å²) >= 11 is 0. The van der Waals surface area contributed by atoms with Gasteiger partial charge in [0.1, 0.15) is 5.69 Å². The Morgan fingerprint density at radius 1 is 1.00 bits per heavy atom. The van der Waals surface area contributed by atoms with E-state index in [2.05, 4.69) is 4.98 Å². The first-order valence-corrected chi connectivity index (χ1v) is 10.3. The molecule has 6 nitrogen and oxygen atoms in total. The molecule has 160 valence electrons. The van der Waals surface area contributed by atoms with Crippen LogP contribution in [0.2, 0.25) is 0 Å². The number of fused-ring (bicyclic) bond motifs is 1. The summed E-state index contributed by atoms with van der Waals surface area (Å²) in [5.74, 6) is 0.793. The van der Waals surface area contributed by atoms with Gasteiger partial charge in [0.15, 0.2) is 17.3 Å². The maximum Gasteiger partial charge on any atom is 0.355 e. The van der Waals surface area contributed by atoms with E-state index in [9.17, 15) is 9.59 Å². The number of Topliss-reactive ketones (excluding diaryl/α,β-unsaturated/α-hetero) is 1. The molecule has 0 saturated carbocycles. The van der Waals surface area contributed by atoms with E-state index in [0.29, 0.717) is 41.2 Å². The van der Waals surface area contributed by atoms with Crippen LogP contribution in [0.3, 0.4) is 0 Å². The molecule has 3 aromatic rings. The summed E-state index contributed by atoms with van der Waals surface area (Å²) in [7, 11) is 3.18. The SMILES string of the molecule is CCOC(=O)c1[nH]c2c(c1-c1ccccc1)C(=O)C[C@H](c1ccc(OC)c(OC)c1)C2. The van der Waals surface area contributed by atoms with Crippen LogP contribution in [-0.2, 0) is 11.2 Å². The molecule has 0 fully saturated rings. The van der Waals surface area contributed by atoms with Crippen LogP contribution < -0.4 is 9.47 Å². The van der Waals surface area contributed by atoms with Crippen molar-refractivity contribution < 1.29 is 23.8 Å². The van der Waals surface area contributed by atoms with E-state index in [0.717, 1.165) is 16.8 Å². The zero-order valence-corrected chi connectivity index (χ0v) is 17.9. The van der Waals surface area contributed by atoms with E-state index in [4.69, 9.17) is 14.2 Å². The highest BCUT2D eigenvalue weighted by molar-refractivity contribution is 6.10. The number of nitrogens with one attached hydrogen (secondary N) is 1. The molecule has 1 N–H and O–H groups in total. The molecule has 1 heterocycles. The lowest BCUT2D eigenvalue weighted by atomic mass is 9.80. The van der Waals surface area contributed by atoms with Gasteiger partial charge in [0, 0.05) is 23.2 Å². The fourth-order valence-electron chi connectivity index (χ4n) is 4.25. The van der Waals surface area contributed by atoms with Crippen molar-refractivity contribution in [2.45, 2.75) is 25.7 Å². The molecule has 0 radical (unpaired) electrons. The van der Waals surface area contributed by atoms with Crippen molar-refractivity contribution in [1.82, 2.24) is 4.98 Å². The Labute approximate surface area is 181 Å². The number of benzene rings is 2. The average Bonchev–Trinajstić information content (AvgIpc) is 3.19. The standard InChI is InChI=1S/C25H25NO5/c1-4-31-25(28)24-22(15-8-6-5-7-9-15)23-18(26-24)12-17(13-19(23)27)16-10-11-20(29-2)21(14-16)30-3/h5-11,14,17,26H,4,12-13H2,1-3H3/t17-/m1/s1. The number of methoxy groups -OCH3 is 2. The van der Waals surface area contributed by atoms with Crippen molar-refractivity contribution in [3.63, 3.8) is 0 Å². The molecule has 0 unspecified atom stereocenters. The summed E-state index contributed by atoms with van der Waals surface area (Å²) in [4.78, 5) is 29.2. The molecule has 0 amide bonds. The predicted octanol–water partition coefficient (Wildman–Crippen LogP) is 4.79. The summed E-state index contributed by atoms with van der Waals surface area (Å²) in [6, 6.07) is 15.2. The van der Waals surface area contributed by atoms with E-state index in [1.54, 1.807) is 21.1 Å². The number of aromatic nitrogens is 1. The number of ketones is 1. The van der Waals surface area contributed by atoms with E-state index in [-0.39, 0.29) is 18.3 Å². The minimum Gasteiger partial charge on any atom is -0.493 e. The van der Waals surface area contributed by atoms with Crippen molar-refractivity contribution in [3.8, 4) is 22.6 Å². The van der Waals surface area contributed by atoms with E-state index in [1.807, 2.05) is 48.5 Å². The van der Waals surface area contributed by atoms with E-state index in [1.165, 1.54) is 0 Å². The van der Waals surface area contributed by atoms with Crippen molar-refractivity contribution in [3.05, 3.63) is 71.0 Å². The molecule has 2 aromatic carbocycles. The van der Waals surface area contributed by atoms with Crippen LogP contribution in [0.4, 0.5) is 0 Å². The van der Waals surface area contributed by atoms with E-state index >= 15 is 0 Å². The first kappa shape index (κ1) is 20.7. The second kappa shape index (κ2) is 8.68. The molecule has 1 atom stereocenters. The van der Waals surface area contributed by atoms with Crippen LogP contribution in [0.15, 0.2) is 48.5 Å². The molecule has 31 heavy (non-hydrogen) atoms. The van der Waals surface area contributed by atoms with Gasteiger partial charge in [-0.15, -0.1) is 0 Å². The van der Waals surface area contributed by atoms with Gasteiger partial charge in [-0.1, -0.05) is 36.4 Å². The van der Waals surface area contributed by atoms with Gasteiger partial charge in [-0.3, -0.25) is 4.79 Å². The maximum atomic E-state index is 13.3. The lowest BCUT2D eigenvalue weighted by Crippen LogP contribution is -2.18. The Bertz CT molecular complexity index is 1120. The topological polar surface area (TPSA) is 77.6 Å². The van der Waals surface area contributed by atoms with Gasteiger partial charge >= 0.3 is 5.97 Å². The molecule has 1 aliphatic carbocycles. The number of aromatic amines is 1. The van der Waals surface area contributed by atoms with Gasteiger partial charge in [0.05, 0.1) is 20.8 Å². The molecule has 0 bridgehead atoms. The minimum atomic E-state index is -0.453. The average molecular weight is 419 g/mol. The molecule has 4 rings (SSSR count). The van der Waals surface area contributed by atoms with Crippen LogP contribution in [-0.4, -0.2) is 37.6 Å². The minimum absolute atomic E-state index is 0.00619. The predicted molar refractivity (Wildman–Crippen MR) is 117 cm³/mol. The van der Waals surface area contributed by atoms with Gasteiger partial charge in [0.25, 0.3) is 0 Å². The van der Waals surface area contributed by atoms with Gasteiger partial charge < -0.3 is 19.2 Å². The number of carbonyl (C=O) groups is 2. The lowest BCUT2D eigenvalue weighted by molar-refractivity contribution is 0.0521. The highest BCUT2D eigenvalue weighted by atomic mass is 16.5. The number of hydrogen-bond acceptors (Lipinski definition) is 5. The molecule has 1 aromatic heterocycles. The van der Waals surface area contributed by atoms with Gasteiger partial charge in [0.2, 0.25) is 0 Å². The van der Waals surface area contributed by atoms with Crippen LogP contribution in [0.25, 0.3) is 11.1 Å². The maximum absolute atomic E-state index is 13.3. The van der Waals surface area contributed by atoms with Crippen LogP contribution in [0, 0.1) is 0 Å². The third-order valence-electron chi connectivity index (χ3n) is 5.66. The lowest BCUT2D eigenvalue weighted by Gasteiger charge is -2.23. The third-order valence-corrected chi connectivity index (χ3v) is 5.66. The summed E-state index contributed by atoms with van der Waals surface area (Å²) in [6.07, 6.45) is 0.957. The number of esters is 1. The fraction of sp³-hybridized carbons (Fsp3) is 0.280. The molecule has 0 spiro atoms. The monoisotopic (exact) mass is 419 g/mol. The molecular weight excluding hydrogens is 394 g/mol. The largest absolute Gasteiger partial charge is 0.493 e. The Morgan fingerprint density at radius 3 is 2.42 bits per heavy atom. The smallest absolute Gasteiger partial charge is 0.355 e. The highest BCUT2D eigenvalue weighted by Crippen LogP contribution is 2.41. The van der Waals surface area contributed by atoms with Gasteiger partial charge in [-0.2, -0.15) is 0 Å². The summed E-state index contributed by atoms with van der Waals surface area (Å²) < 4.78 is 16.0. The Balaban J connectivity index is 1.78. The van der Waals surface area contributed by atoms with Crippen molar-refractivity contribution in [1.29, 1.82) is 0 Å². The highest BCUT2D eigenvalue weighted by Gasteiger charge is 2.34. The molecule has 1 aliphatic rings. The zero-order valence-electron chi connectivity index (χ0n) is 17.9. The third kappa shape index (κ3) is 3.81. The normalized spacial score (nSPS) is 15.3. The van der Waals surface area contributed by atoms with Crippen LogP contribution >= 0.6 is 0 Å². The molecular formula is C25H25NO5. The zero-order chi connectivity index (χ0) is 22.0. The number of rotatable bonds is 6. The Morgan fingerprint density at radius 2 is 1.74 bits per heavy atom. The number of H-pyrrole nitrogens is 1. The van der Waals surface area contributed by atoms with Crippen LogP contribution in [0.5, 0.6) is 11.5 Å². The first-order chi connectivity index (χ1) is 15.1. The van der Waals surface area contributed by atoms with Crippen LogP contribution in [0.1, 0.15) is 51.4 Å². The number of carbonyl (C=O) groups excluding carboxylic acids is 2. The quantitative estimate of drug-likeness (QED) is 0.582. The molecule has 6 heteroatoms. The fourth-order valence-corrected chi connectivity index (χ4v) is 4.25. The van der Waals surface area contributed by atoms with Gasteiger partial charge in [-0.05, 0) is 42.5 Å². The van der Waals surface area contributed by atoms with Gasteiger partial charge in [-0.25, -0.2) is 4.79 Å². The Hall–Kier alpha value is -3.54. The summed E-state index contributed by atoms with van der Waals surface area (Å²) in [5.41, 5.74) is 4.12. The van der Waals surface area contributed by atoms with Crippen molar-refractivity contribution in [2.75, 3.05) is 20.8 Å². The Kier molecular flexibility index (Phi) is 5.80. The second-order valence-corrected chi connectivity index (χ2v) is 7.46. The van der Waals surface area contributed by atoms with Crippen molar-refractivity contribution >= 4 is 11.8 Å². The molecule has 0 aliphatic heterocycles. The summed E-state index contributed by atoms with van der Waals surface area (Å²) in [6.45, 7) is 2.03. The summed E-state index contributed by atoms with van der Waals surface area (Å²) in [5, 5.41) is 0. The number of ether oxygens (including phenoxy) is 3.